The first kappa shape index (κ1) is 13.0. The van der Waals surface area contributed by atoms with Crippen LogP contribution < -0.4 is 10.4 Å². The smallest absolute Gasteiger partial charge is 0.328 e. The highest BCUT2D eigenvalue weighted by molar-refractivity contribution is 5.41. The zero-order chi connectivity index (χ0) is 14.3. The molecule has 0 spiro atoms. The number of imidazole rings is 1. The fraction of sp³-hybridized carbons (Fsp3) is 0.467. The minimum Gasteiger partial charge on any atom is -0.496 e. The van der Waals surface area contributed by atoms with E-state index in [0.29, 0.717) is 12.6 Å². The van der Waals surface area contributed by atoms with E-state index in [1.807, 2.05) is 30.8 Å². The average Bonchev–Trinajstić information content (AvgIpc) is 3.20. The second-order valence-corrected chi connectivity index (χ2v) is 5.39. The van der Waals surface area contributed by atoms with Gasteiger partial charge in [-0.1, -0.05) is 0 Å². The van der Waals surface area contributed by atoms with Gasteiger partial charge in [0, 0.05) is 35.8 Å². The van der Waals surface area contributed by atoms with Gasteiger partial charge in [0.1, 0.15) is 5.75 Å². The molecule has 2 heterocycles. The van der Waals surface area contributed by atoms with Gasteiger partial charge in [-0.3, -0.25) is 14.1 Å². The molecule has 0 unspecified atom stereocenters. The number of methoxy groups -OCH3 is 1. The second kappa shape index (κ2) is 4.81. The topological polar surface area (TPSA) is 49.0 Å². The van der Waals surface area contributed by atoms with Crippen molar-refractivity contribution in [2.45, 2.75) is 39.3 Å². The summed E-state index contributed by atoms with van der Waals surface area (Å²) in [5, 5.41) is 0. The molecule has 1 fully saturated rings. The maximum Gasteiger partial charge on any atom is 0.328 e. The Kier molecular flexibility index (Phi) is 3.12. The number of aromatic nitrogens is 3. The molecule has 1 aliphatic rings. The molecule has 0 saturated heterocycles. The maximum absolute atomic E-state index is 12.3. The summed E-state index contributed by atoms with van der Waals surface area (Å²) in [5.41, 5.74) is 2.94. The second-order valence-electron chi connectivity index (χ2n) is 5.39. The summed E-state index contributed by atoms with van der Waals surface area (Å²) in [4.78, 5) is 16.7. The Morgan fingerprint density at radius 2 is 2.10 bits per heavy atom. The van der Waals surface area contributed by atoms with Crippen LogP contribution >= 0.6 is 0 Å². The van der Waals surface area contributed by atoms with E-state index in [1.165, 1.54) is 0 Å². The highest BCUT2D eigenvalue weighted by Crippen LogP contribution is 2.33. The molecule has 0 amide bonds. The largest absolute Gasteiger partial charge is 0.496 e. The Morgan fingerprint density at radius 3 is 2.75 bits per heavy atom. The van der Waals surface area contributed by atoms with Crippen molar-refractivity contribution < 1.29 is 4.74 Å². The standard InChI is InChI=1S/C15H19N3O2/c1-10-8-16-13(11(2)14(10)20-3)9-17-6-7-18(15(17)19)12-4-5-12/h6-8,12H,4-5,9H2,1-3H3. The van der Waals surface area contributed by atoms with Crippen LogP contribution in [0.3, 0.4) is 0 Å². The molecule has 0 aliphatic heterocycles. The number of hydrogen-bond donors (Lipinski definition) is 0. The average molecular weight is 273 g/mol. The lowest BCUT2D eigenvalue weighted by Crippen LogP contribution is -2.24. The molecule has 0 N–H and O–H groups in total. The summed E-state index contributed by atoms with van der Waals surface area (Å²) in [5.74, 6) is 0.852. The van der Waals surface area contributed by atoms with Crippen molar-refractivity contribution in [1.82, 2.24) is 14.1 Å². The highest BCUT2D eigenvalue weighted by atomic mass is 16.5. The summed E-state index contributed by atoms with van der Waals surface area (Å²) >= 11 is 0. The maximum atomic E-state index is 12.3. The highest BCUT2D eigenvalue weighted by Gasteiger charge is 2.25. The fourth-order valence-electron chi connectivity index (χ4n) is 2.57. The summed E-state index contributed by atoms with van der Waals surface area (Å²) in [6.07, 6.45) is 7.73. The van der Waals surface area contributed by atoms with E-state index in [2.05, 4.69) is 4.98 Å². The first-order valence-corrected chi connectivity index (χ1v) is 6.88. The minimum absolute atomic E-state index is 0.0493. The van der Waals surface area contributed by atoms with E-state index >= 15 is 0 Å². The Balaban J connectivity index is 1.93. The first-order chi connectivity index (χ1) is 9.61. The molecule has 106 valence electrons. The Bertz CT molecular complexity index is 696. The SMILES string of the molecule is COc1c(C)cnc(Cn2ccn(C3CC3)c2=O)c1C. The van der Waals surface area contributed by atoms with Crippen LogP contribution in [-0.2, 0) is 6.54 Å². The van der Waals surface area contributed by atoms with Crippen molar-refractivity contribution in [3.8, 4) is 5.75 Å². The van der Waals surface area contributed by atoms with Crippen molar-refractivity contribution in [3.63, 3.8) is 0 Å². The summed E-state index contributed by atoms with van der Waals surface area (Å²) in [7, 11) is 1.66. The lowest BCUT2D eigenvalue weighted by Gasteiger charge is -2.12. The molecular weight excluding hydrogens is 254 g/mol. The van der Waals surface area contributed by atoms with Crippen LogP contribution in [-0.4, -0.2) is 21.2 Å². The van der Waals surface area contributed by atoms with Gasteiger partial charge in [-0.05, 0) is 26.7 Å². The summed E-state index contributed by atoms with van der Waals surface area (Å²) in [6.45, 7) is 4.44. The Hall–Kier alpha value is -2.04. The number of aryl methyl sites for hydroxylation is 1. The Morgan fingerprint density at radius 1 is 1.35 bits per heavy atom. The third-order valence-electron chi connectivity index (χ3n) is 3.88. The predicted molar refractivity (Wildman–Crippen MR) is 76.3 cm³/mol. The third-order valence-corrected chi connectivity index (χ3v) is 3.88. The molecule has 3 rings (SSSR count). The normalized spacial score (nSPS) is 14.6. The number of ether oxygens (including phenoxy) is 1. The molecule has 0 radical (unpaired) electrons. The Labute approximate surface area is 117 Å². The van der Waals surface area contributed by atoms with Gasteiger partial charge in [-0.25, -0.2) is 4.79 Å². The van der Waals surface area contributed by atoms with Gasteiger partial charge >= 0.3 is 5.69 Å². The molecule has 5 heteroatoms. The van der Waals surface area contributed by atoms with E-state index in [0.717, 1.165) is 35.4 Å². The van der Waals surface area contributed by atoms with Crippen LogP contribution in [0, 0.1) is 13.8 Å². The van der Waals surface area contributed by atoms with E-state index in [-0.39, 0.29) is 5.69 Å². The predicted octanol–water partition coefficient (Wildman–Crippen LogP) is 2.05. The van der Waals surface area contributed by atoms with Crippen LogP contribution in [0.15, 0.2) is 23.4 Å². The summed E-state index contributed by atoms with van der Waals surface area (Å²) < 4.78 is 8.94. The molecule has 2 aromatic heterocycles. The number of rotatable bonds is 4. The van der Waals surface area contributed by atoms with Crippen molar-refractivity contribution in [3.05, 3.63) is 45.9 Å². The molecule has 0 aromatic carbocycles. The fourth-order valence-corrected chi connectivity index (χ4v) is 2.57. The summed E-state index contributed by atoms with van der Waals surface area (Å²) in [6, 6.07) is 0.408. The number of pyridine rings is 1. The van der Waals surface area contributed by atoms with E-state index < -0.39 is 0 Å². The van der Waals surface area contributed by atoms with Gasteiger partial charge in [-0.2, -0.15) is 0 Å². The number of nitrogens with zero attached hydrogens (tertiary/aromatic N) is 3. The number of hydrogen-bond acceptors (Lipinski definition) is 3. The third kappa shape index (κ3) is 2.13. The van der Waals surface area contributed by atoms with Crippen molar-refractivity contribution in [2.75, 3.05) is 7.11 Å². The van der Waals surface area contributed by atoms with Crippen LogP contribution in [0.5, 0.6) is 5.75 Å². The lowest BCUT2D eigenvalue weighted by molar-refractivity contribution is 0.406. The molecule has 20 heavy (non-hydrogen) atoms. The van der Waals surface area contributed by atoms with Crippen LogP contribution in [0.25, 0.3) is 0 Å². The molecule has 1 saturated carbocycles. The van der Waals surface area contributed by atoms with Gasteiger partial charge in [0.2, 0.25) is 0 Å². The first-order valence-electron chi connectivity index (χ1n) is 6.88. The molecule has 5 nitrogen and oxygen atoms in total. The van der Waals surface area contributed by atoms with Gasteiger partial charge in [-0.15, -0.1) is 0 Å². The van der Waals surface area contributed by atoms with Crippen LogP contribution in [0.4, 0.5) is 0 Å². The minimum atomic E-state index is 0.0493. The van der Waals surface area contributed by atoms with Crippen molar-refractivity contribution >= 4 is 0 Å². The molecule has 0 atom stereocenters. The van der Waals surface area contributed by atoms with E-state index in [4.69, 9.17) is 4.74 Å². The van der Waals surface area contributed by atoms with E-state index in [1.54, 1.807) is 17.9 Å². The van der Waals surface area contributed by atoms with Crippen molar-refractivity contribution in [2.24, 2.45) is 0 Å². The van der Waals surface area contributed by atoms with E-state index in [9.17, 15) is 4.79 Å². The molecular formula is C15H19N3O2. The van der Waals surface area contributed by atoms with Crippen LogP contribution in [0.1, 0.15) is 35.7 Å². The van der Waals surface area contributed by atoms with Gasteiger partial charge < -0.3 is 4.74 Å². The molecule has 2 aromatic rings. The van der Waals surface area contributed by atoms with Gasteiger partial charge in [0.15, 0.2) is 0 Å². The van der Waals surface area contributed by atoms with Gasteiger partial charge in [0.25, 0.3) is 0 Å². The lowest BCUT2D eigenvalue weighted by atomic mass is 10.1. The van der Waals surface area contributed by atoms with Gasteiger partial charge in [0.05, 0.1) is 19.3 Å². The zero-order valence-electron chi connectivity index (χ0n) is 12.1. The van der Waals surface area contributed by atoms with Crippen LogP contribution in [0.2, 0.25) is 0 Å². The molecule has 0 bridgehead atoms. The van der Waals surface area contributed by atoms with Crippen molar-refractivity contribution in [1.29, 1.82) is 0 Å². The monoisotopic (exact) mass is 273 g/mol. The molecule has 1 aliphatic carbocycles. The zero-order valence-corrected chi connectivity index (χ0v) is 12.1. The quantitative estimate of drug-likeness (QED) is 0.856.